The Morgan fingerprint density at radius 2 is 1.93 bits per heavy atom. The molecule has 8 heteroatoms. The molecule has 0 bridgehead atoms. The Hall–Kier alpha value is -3.13. The molecule has 0 aliphatic carbocycles. The van der Waals surface area contributed by atoms with E-state index in [0.717, 1.165) is 25.2 Å². The zero-order valence-electron chi connectivity index (χ0n) is 15.4. The molecule has 27 heavy (non-hydrogen) atoms. The number of amides is 1. The molecule has 142 valence electrons. The number of hydrogen-bond donors (Lipinski definition) is 2. The number of carbonyl (C=O) groups excluding carboxylic acids is 1. The van der Waals surface area contributed by atoms with E-state index >= 15 is 0 Å². The van der Waals surface area contributed by atoms with Gasteiger partial charge in [0, 0.05) is 12.6 Å². The van der Waals surface area contributed by atoms with Gasteiger partial charge in [-0.2, -0.15) is 0 Å². The van der Waals surface area contributed by atoms with E-state index in [4.69, 9.17) is 15.2 Å². The lowest BCUT2D eigenvalue weighted by Gasteiger charge is -2.17. The van der Waals surface area contributed by atoms with Gasteiger partial charge in [-0.05, 0) is 31.3 Å². The van der Waals surface area contributed by atoms with E-state index in [-0.39, 0.29) is 0 Å². The fourth-order valence-corrected chi connectivity index (χ4v) is 2.76. The second-order valence-electron chi connectivity index (χ2n) is 5.90. The first kappa shape index (κ1) is 18.7. The van der Waals surface area contributed by atoms with Crippen LogP contribution in [-0.4, -0.2) is 52.2 Å². The summed E-state index contributed by atoms with van der Waals surface area (Å²) in [6, 6.07) is 10.7. The van der Waals surface area contributed by atoms with Crippen molar-refractivity contribution in [2.45, 2.75) is 13.8 Å². The van der Waals surface area contributed by atoms with E-state index in [1.807, 2.05) is 24.3 Å². The molecule has 1 aromatic carbocycles. The van der Waals surface area contributed by atoms with Gasteiger partial charge in [-0.15, -0.1) is 0 Å². The SMILES string of the molecule is CCN(CC)CCOc1cccc(-c2nc3c(OC(N)=O)cccc3[nH]2)n1. The third-order valence-electron chi connectivity index (χ3n) is 4.20. The van der Waals surface area contributed by atoms with Crippen LogP contribution in [0.4, 0.5) is 4.79 Å². The summed E-state index contributed by atoms with van der Waals surface area (Å²) >= 11 is 0. The molecule has 0 atom stereocenters. The number of para-hydroxylation sites is 1. The highest BCUT2D eigenvalue weighted by molar-refractivity contribution is 5.86. The molecule has 3 rings (SSSR count). The van der Waals surface area contributed by atoms with E-state index in [1.165, 1.54) is 0 Å². The number of carbonyl (C=O) groups is 1. The third-order valence-corrected chi connectivity index (χ3v) is 4.20. The van der Waals surface area contributed by atoms with Crippen molar-refractivity contribution in [3.05, 3.63) is 36.4 Å². The van der Waals surface area contributed by atoms with Gasteiger partial charge < -0.3 is 25.1 Å². The van der Waals surface area contributed by atoms with Crippen molar-refractivity contribution in [2.75, 3.05) is 26.2 Å². The van der Waals surface area contributed by atoms with Crippen LogP contribution in [0.25, 0.3) is 22.6 Å². The summed E-state index contributed by atoms with van der Waals surface area (Å²) in [6.45, 7) is 7.64. The van der Waals surface area contributed by atoms with Gasteiger partial charge in [0.25, 0.3) is 0 Å². The van der Waals surface area contributed by atoms with Crippen LogP contribution < -0.4 is 15.2 Å². The number of rotatable bonds is 8. The van der Waals surface area contributed by atoms with Gasteiger partial charge in [-0.25, -0.2) is 14.8 Å². The van der Waals surface area contributed by atoms with Gasteiger partial charge in [0.05, 0.1) is 5.52 Å². The largest absolute Gasteiger partial charge is 0.476 e. The van der Waals surface area contributed by atoms with Crippen molar-refractivity contribution >= 4 is 17.1 Å². The number of nitrogens with zero attached hydrogens (tertiary/aromatic N) is 3. The van der Waals surface area contributed by atoms with Gasteiger partial charge in [-0.1, -0.05) is 26.0 Å². The van der Waals surface area contributed by atoms with Gasteiger partial charge in [0.1, 0.15) is 17.8 Å². The number of hydrogen-bond acceptors (Lipinski definition) is 6. The summed E-state index contributed by atoms with van der Waals surface area (Å²) < 4.78 is 10.8. The molecule has 0 aliphatic heterocycles. The molecule has 0 radical (unpaired) electrons. The summed E-state index contributed by atoms with van der Waals surface area (Å²) in [5, 5.41) is 0. The Bertz CT molecular complexity index is 921. The van der Waals surface area contributed by atoms with Crippen molar-refractivity contribution in [1.29, 1.82) is 0 Å². The van der Waals surface area contributed by atoms with Crippen molar-refractivity contribution in [1.82, 2.24) is 19.9 Å². The van der Waals surface area contributed by atoms with E-state index in [2.05, 4.69) is 33.7 Å². The highest BCUT2D eigenvalue weighted by Gasteiger charge is 2.13. The highest BCUT2D eigenvalue weighted by Crippen LogP contribution is 2.27. The maximum absolute atomic E-state index is 11.1. The van der Waals surface area contributed by atoms with Crippen LogP contribution in [0.3, 0.4) is 0 Å². The van der Waals surface area contributed by atoms with E-state index in [0.29, 0.717) is 35.3 Å². The van der Waals surface area contributed by atoms with Gasteiger partial charge in [0.15, 0.2) is 11.6 Å². The molecule has 0 unspecified atom stereocenters. The number of pyridine rings is 1. The average molecular weight is 369 g/mol. The van der Waals surface area contributed by atoms with Crippen LogP contribution in [0, 0.1) is 0 Å². The summed E-state index contributed by atoms with van der Waals surface area (Å²) in [6.07, 6.45) is -0.881. The van der Waals surface area contributed by atoms with E-state index in [1.54, 1.807) is 12.1 Å². The summed E-state index contributed by atoms with van der Waals surface area (Å²) in [4.78, 5) is 25.5. The number of primary amides is 1. The topological polar surface area (TPSA) is 106 Å². The molecule has 2 heterocycles. The second kappa shape index (κ2) is 8.50. The number of aromatic nitrogens is 3. The van der Waals surface area contributed by atoms with Crippen LogP contribution in [0.15, 0.2) is 36.4 Å². The number of nitrogens with one attached hydrogen (secondary N) is 1. The molecule has 2 aromatic heterocycles. The lowest BCUT2D eigenvalue weighted by atomic mass is 10.3. The van der Waals surface area contributed by atoms with Crippen LogP contribution in [0.2, 0.25) is 0 Å². The highest BCUT2D eigenvalue weighted by atomic mass is 16.5. The Balaban J connectivity index is 1.79. The molecule has 3 aromatic rings. The lowest BCUT2D eigenvalue weighted by Crippen LogP contribution is -2.28. The van der Waals surface area contributed by atoms with Crippen molar-refractivity contribution in [2.24, 2.45) is 5.73 Å². The van der Waals surface area contributed by atoms with Crippen LogP contribution in [0.1, 0.15) is 13.8 Å². The quantitative estimate of drug-likeness (QED) is 0.632. The zero-order valence-corrected chi connectivity index (χ0v) is 15.4. The second-order valence-corrected chi connectivity index (χ2v) is 5.90. The number of H-pyrrole nitrogens is 1. The fraction of sp³-hybridized carbons (Fsp3) is 0.316. The summed E-state index contributed by atoms with van der Waals surface area (Å²) in [7, 11) is 0. The minimum absolute atomic E-state index is 0.300. The normalized spacial score (nSPS) is 11.1. The molecule has 0 aliphatic rings. The fourth-order valence-electron chi connectivity index (χ4n) is 2.76. The minimum atomic E-state index is -0.881. The zero-order chi connectivity index (χ0) is 19.2. The Kier molecular flexibility index (Phi) is 5.87. The monoisotopic (exact) mass is 369 g/mol. The van der Waals surface area contributed by atoms with E-state index in [9.17, 15) is 4.79 Å². The number of likely N-dealkylation sites (N-methyl/N-ethyl adjacent to an activating group) is 1. The average Bonchev–Trinajstić information content (AvgIpc) is 3.11. The smallest absolute Gasteiger partial charge is 0.410 e. The van der Waals surface area contributed by atoms with Gasteiger partial charge in [0.2, 0.25) is 5.88 Å². The standard InChI is InChI=1S/C19H23N5O3/c1-3-24(4-2)11-12-26-16-10-6-8-14(21-16)18-22-13-7-5-9-15(17(13)23-18)27-19(20)25/h5-10H,3-4,11-12H2,1-2H3,(H2,20,25)(H,22,23). The van der Waals surface area contributed by atoms with Gasteiger partial charge >= 0.3 is 6.09 Å². The molecule has 8 nitrogen and oxygen atoms in total. The van der Waals surface area contributed by atoms with Crippen molar-refractivity contribution in [3.8, 4) is 23.1 Å². The van der Waals surface area contributed by atoms with Crippen molar-refractivity contribution in [3.63, 3.8) is 0 Å². The van der Waals surface area contributed by atoms with Crippen LogP contribution >= 0.6 is 0 Å². The molecule has 3 N–H and O–H groups in total. The summed E-state index contributed by atoms with van der Waals surface area (Å²) in [5.74, 6) is 1.39. The Labute approximate surface area is 157 Å². The van der Waals surface area contributed by atoms with Crippen molar-refractivity contribution < 1.29 is 14.3 Å². The predicted octanol–water partition coefficient (Wildman–Crippen LogP) is 2.80. The number of aromatic amines is 1. The maximum Gasteiger partial charge on any atom is 0.410 e. The number of imidazole rings is 1. The first-order chi connectivity index (χ1) is 13.1. The van der Waals surface area contributed by atoms with E-state index < -0.39 is 6.09 Å². The molecular formula is C19H23N5O3. The van der Waals surface area contributed by atoms with Crippen LogP contribution in [0.5, 0.6) is 11.6 Å². The van der Waals surface area contributed by atoms with Crippen LogP contribution in [-0.2, 0) is 0 Å². The lowest BCUT2D eigenvalue weighted by molar-refractivity contribution is 0.211. The molecule has 1 amide bonds. The minimum Gasteiger partial charge on any atom is -0.476 e. The first-order valence-corrected chi connectivity index (χ1v) is 8.89. The summed E-state index contributed by atoms with van der Waals surface area (Å²) in [5.41, 5.74) is 6.98. The molecule has 0 saturated heterocycles. The first-order valence-electron chi connectivity index (χ1n) is 8.89. The predicted molar refractivity (Wildman–Crippen MR) is 103 cm³/mol. The molecule has 0 saturated carbocycles. The number of ether oxygens (including phenoxy) is 2. The number of benzene rings is 1. The molecule has 0 fully saturated rings. The third kappa shape index (κ3) is 4.53. The number of fused-ring (bicyclic) bond motifs is 1. The molecule has 0 spiro atoms. The number of nitrogens with two attached hydrogens (primary N) is 1. The Morgan fingerprint density at radius 1 is 1.15 bits per heavy atom. The van der Waals surface area contributed by atoms with Gasteiger partial charge in [-0.3, -0.25) is 0 Å². The Morgan fingerprint density at radius 3 is 2.67 bits per heavy atom. The molecular weight excluding hydrogens is 346 g/mol. The maximum atomic E-state index is 11.1.